The molecule has 0 unspecified atom stereocenters. The van der Waals surface area contributed by atoms with Gasteiger partial charge in [0.25, 0.3) is 0 Å². The van der Waals surface area contributed by atoms with E-state index >= 15 is 0 Å². The van der Waals surface area contributed by atoms with Gasteiger partial charge in [0.2, 0.25) is 5.95 Å². The van der Waals surface area contributed by atoms with E-state index in [4.69, 9.17) is 9.47 Å². The summed E-state index contributed by atoms with van der Waals surface area (Å²) >= 11 is 0. The Bertz CT molecular complexity index is 715. The molecule has 0 radical (unpaired) electrons. The van der Waals surface area contributed by atoms with Crippen molar-refractivity contribution < 1.29 is 9.47 Å². The van der Waals surface area contributed by atoms with Crippen molar-refractivity contribution in [2.45, 2.75) is 45.2 Å². The lowest BCUT2D eigenvalue weighted by atomic mass is 10.2. The molecule has 1 saturated carbocycles. The highest BCUT2D eigenvalue weighted by molar-refractivity contribution is 5.45. The van der Waals surface area contributed by atoms with Gasteiger partial charge in [-0.15, -0.1) is 0 Å². The SMILES string of the molecule is COc1ccc(CNc2nc(C)cc(NC3CCCC3)n2)cc1OC. The van der Waals surface area contributed by atoms with Gasteiger partial charge in [0, 0.05) is 24.3 Å². The molecule has 0 atom stereocenters. The van der Waals surface area contributed by atoms with E-state index in [0.717, 1.165) is 28.6 Å². The van der Waals surface area contributed by atoms with Gasteiger partial charge in [0.05, 0.1) is 14.2 Å². The van der Waals surface area contributed by atoms with Crippen LogP contribution in [0.2, 0.25) is 0 Å². The molecular formula is C19H26N4O2. The van der Waals surface area contributed by atoms with Gasteiger partial charge in [0.1, 0.15) is 5.82 Å². The molecule has 1 fully saturated rings. The van der Waals surface area contributed by atoms with Crippen molar-refractivity contribution in [2.24, 2.45) is 0 Å². The number of aryl methyl sites for hydroxylation is 1. The van der Waals surface area contributed by atoms with Crippen LogP contribution in [0.1, 0.15) is 36.9 Å². The molecule has 3 rings (SSSR count). The summed E-state index contributed by atoms with van der Waals surface area (Å²) in [6.07, 6.45) is 5.03. The molecule has 25 heavy (non-hydrogen) atoms. The maximum Gasteiger partial charge on any atom is 0.225 e. The molecule has 0 bridgehead atoms. The molecule has 0 amide bonds. The van der Waals surface area contributed by atoms with Crippen molar-refractivity contribution in [1.29, 1.82) is 0 Å². The predicted molar refractivity (Wildman–Crippen MR) is 99.5 cm³/mol. The third kappa shape index (κ3) is 4.53. The molecule has 6 nitrogen and oxygen atoms in total. The number of nitrogens with zero attached hydrogens (tertiary/aromatic N) is 2. The largest absolute Gasteiger partial charge is 0.493 e. The zero-order valence-electron chi connectivity index (χ0n) is 15.1. The Balaban J connectivity index is 1.67. The van der Waals surface area contributed by atoms with Crippen molar-refractivity contribution >= 4 is 11.8 Å². The van der Waals surface area contributed by atoms with Gasteiger partial charge in [-0.3, -0.25) is 0 Å². The summed E-state index contributed by atoms with van der Waals surface area (Å²) in [7, 11) is 3.27. The molecule has 0 spiro atoms. The maximum absolute atomic E-state index is 5.35. The third-order valence-corrected chi connectivity index (χ3v) is 4.46. The first-order chi connectivity index (χ1) is 12.2. The minimum Gasteiger partial charge on any atom is -0.493 e. The zero-order chi connectivity index (χ0) is 17.6. The monoisotopic (exact) mass is 342 g/mol. The lowest BCUT2D eigenvalue weighted by Gasteiger charge is -2.14. The summed E-state index contributed by atoms with van der Waals surface area (Å²) in [6, 6.07) is 8.40. The molecule has 1 aromatic heterocycles. The fourth-order valence-electron chi connectivity index (χ4n) is 3.17. The van der Waals surface area contributed by atoms with Gasteiger partial charge >= 0.3 is 0 Å². The van der Waals surface area contributed by atoms with E-state index in [9.17, 15) is 0 Å². The summed E-state index contributed by atoms with van der Waals surface area (Å²) < 4.78 is 10.6. The Morgan fingerprint density at radius 1 is 1.04 bits per heavy atom. The lowest BCUT2D eigenvalue weighted by Crippen LogP contribution is -2.16. The van der Waals surface area contributed by atoms with E-state index < -0.39 is 0 Å². The molecule has 1 aliphatic carbocycles. The number of ether oxygens (including phenoxy) is 2. The highest BCUT2D eigenvalue weighted by Gasteiger charge is 2.15. The Kier molecular flexibility index (Phi) is 5.58. The summed E-state index contributed by atoms with van der Waals surface area (Å²) in [4.78, 5) is 9.08. The van der Waals surface area contributed by atoms with Gasteiger partial charge < -0.3 is 20.1 Å². The standard InChI is InChI=1S/C19H26N4O2/c1-13-10-18(22-15-6-4-5-7-15)23-19(21-13)20-12-14-8-9-16(24-2)17(11-14)25-3/h8-11,15H,4-7,12H2,1-3H3,(H2,20,21,22,23). The summed E-state index contributed by atoms with van der Waals surface area (Å²) in [6.45, 7) is 2.61. The van der Waals surface area contributed by atoms with Crippen molar-refractivity contribution in [3.05, 3.63) is 35.5 Å². The highest BCUT2D eigenvalue weighted by Crippen LogP contribution is 2.28. The van der Waals surface area contributed by atoms with Gasteiger partial charge in [-0.05, 0) is 37.5 Å². The zero-order valence-corrected chi connectivity index (χ0v) is 15.1. The Morgan fingerprint density at radius 2 is 1.80 bits per heavy atom. The van der Waals surface area contributed by atoms with E-state index in [1.807, 2.05) is 31.2 Å². The fourth-order valence-corrected chi connectivity index (χ4v) is 3.17. The Labute approximate surface area is 149 Å². The van der Waals surface area contributed by atoms with Crippen LogP contribution in [0.15, 0.2) is 24.3 Å². The van der Waals surface area contributed by atoms with Gasteiger partial charge in [0.15, 0.2) is 11.5 Å². The second kappa shape index (κ2) is 8.05. The van der Waals surface area contributed by atoms with E-state index in [1.165, 1.54) is 25.7 Å². The van der Waals surface area contributed by atoms with Crippen LogP contribution in [0.25, 0.3) is 0 Å². The number of methoxy groups -OCH3 is 2. The van der Waals surface area contributed by atoms with Crippen LogP contribution in [-0.4, -0.2) is 30.2 Å². The van der Waals surface area contributed by atoms with Crippen LogP contribution in [0, 0.1) is 6.92 Å². The highest BCUT2D eigenvalue weighted by atomic mass is 16.5. The van der Waals surface area contributed by atoms with Gasteiger partial charge in [-0.2, -0.15) is 4.98 Å². The fraction of sp³-hybridized carbons (Fsp3) is 0.474. The number of anilines is 2. The average Bonchev–Trinajstić information content (AvgIpc) is 3.12. The number of hydrogen-bond acceptors (Lipinski definition) is 6. The number of nitrogens with one attached hydrogen (secondary N) is 2. The third-order valence-electron chi connectivity index (χ3n) is 4.46. The van der Waals surface area contributed by atoms with Gasteiger partial charge in [-0.1, -0.05) is 18.9 Å². The first-order valence-electron chi connectivity index (χ1n) is 8.75. The minimum absolute atomic E-state index is 0.535. The molecule has 0 saturated heterocycles. The summed E-state index contributed by atoms with van der Waals surface area (Å²) in [5.74, 6) is 2.97. The summed E-state index contributed by atoms with van der Waals surface area (Å²) in [5, 5.41) is 6.82. The summed E-state index contributed by atoms with van der Waals surface area (Å²) in [5.41, 5.74) is 2.03. The molecule has 134 valence electrons. The molecule has 6 heteroatoms. The lowest BCUT2D eigenvalue weighted by molar-refractivity contribution is 0.354. The molecular weight excluding hydrogens is 316 g/mol. The van der Waals surface area contributed by atoms with Crippen LogP contribution >= 0.6 is 0 Å². The van der Waals surface area contributed by atoms with E-state index in [1.54, 1.807) is 14.2 Å². The molecule has 2 aromatic rings. The first kappa shape index (κ1) is 17.3. The maximum atomic E-state index is 5.35. The quantitative estimate of drug-likeness (QED) is 0.798. The number of rotatable bonds is 7. The van der Waals surface area contributed by atoms with E-state index in [-0.39, 0.29) is 0 Å². The predicted octanol–water partition coefficient (Wildman–Crippen LogP) is 3.77. The van der Waals surface area contributed by atoms with Crippen molar-refractivity contribution in [2.75, 3.05) is 24.9 Å². The molecule has 2 N–H and O–H groups in total. The second-order valence-corrected chi connectivity index (χ2v) is 6.39. The Morgan fingerprint density at radius 3 is 2.52 bits per heavy atom. The molecule has 1 aliphatic rings. The number of aromatic nitrogens is 2. The molecule has 1 aromatic carbocycles. The van der Waals surface area contributed by atoms with Crippen LogP contribution in [0.4, 0.5) is 11.8 Å². The van der Waals surface area contributed by atoms with Crippen molar-refractivity contribution in [3.8, 4) is 11.5 Å². The smallest absolute Gasteiger partial charge is 0.225 e. The molecule has 1 heterocycles. The van der Waals surface area contributed by atoms with Crippen LogP contribution in [0.3, 0.4) is 0 Å². The number of benzene rings is 1. The number of hydrogen-bond donors (Lipinski definition) is 2. The van der Waals surface area contributed by atoms with Crippen molar-refractivity contribution in [1.82, 2.24) is 9.97 Å². The normalized spacial score (nSPS) is 14.4. The first-order valence-corrected chi connectivity index (χ1v) is 8.75. The minimum atomic E-state index is 0.535. The van der Waals surface area contributed by atoms with Crippen LogP contribution in [0.5, 0.6) is 11.5 Å². The second-order valence-electron chi connectivity index (χ2n) is 6.39. The van der Waals surface area contributed by atoms with Crippen LogP contribution in [-0.2, 0) is 6.54 Å². The Hall–Kier alpha value is -2.50. The topological polar surface area (TPSA) is 68.3 Å². The van der Waals surface area contributed by atoms with E-state index in [2.05, 4.69) is 20.6 Å². The van der Waals surface area contributed by atoms with Crippen molar-refractivity contribution in [3.63, 3.8) is 0 Å². The average molecular weight is 342 g/mol. The van der Waals surface area contributed by atoms with E-state index in [0.29, 0.717) is 18.5 Å². The van der Waals surface area contributed by atoms with Gasteiger partial charge in [-0.25, -0.2) is 4.98 Å². The molecule has 0 aliphatic heterocycles. The van der Waals surface area contributed by atoms with Crippen LogP contribution < -0.4 is 20.1 Å².